The fraction of sp³-hybridized carbons (Fsp3) is 0.231. The summed E-state index contributed by atoms with van der Waals surface area (Å²) < 4.78 is 5.09. The minimum Gasteiger partial charge on any atom is -0.310 e. The van der Waals surface area contributed by atoms with Gasteiger partial charge in [0.25, 0.3) is 0 Å². The van der Waals surface area contributed by atoms with Gasteiger partial charge >= 0.3 is 17.1 Å². The van der Waals surface area contributed by atoms with Crippen molar-refractivity contribution in [3.8, 4) is 0 Å². The molecule has 0 aromatic heterocycles. The molecule has 0 amide bonds. The van der Waals surface area contributed by atoms with Crippen LogP contribution in [-0.4, -0.2) is 0 Å². The maximum Gasteiger partial charge on any atom is 2.00 e. The number of hydrogen-bond acceptors (Lipinski definition) is 1. The van der Waals surface area contributed by atoms with Gasteiger partial charge in [-0.15, -0.1) is 5.56 Å². The first-order valence-corrected chi connectivity index (χ1v) is 5.50. The first-order valence-electron chi connectivity index (χ1n) is 4.85. The maximum atomic E-state index is 5.09. The Kier molecular flexibility index (Phi) is 7.69. The summed E-state index contributed by atoms with van der Waals surface area (Å²) in [6.45, 7) is 4.02. The van der Waals surface area contributed by atoms with Crippen molar-refractivity contribution in [2.24, 2.45) is 0 Å². The van der Waals surface area contributed by atoms with Gasteiger partial charge in [0.15, 0.2) is 0 Å². The van der Waals surface area contributed by atoms with Crippen molar-refractivity contribution in [2.45, 2.75) is 19.4 Å². The van der Waals surface area contributed by atoms with E-state index in [1.165, 1.54) is 5.56 Å². The molecule has 0 spiro atoms. The summed E-state index contributed by atoms with van der Waals surface area (Å²) in [7, 11) is 0. The van der Waals surface area contributed by atoms with Crippen molar-refractivity contribution in [2.75, 3.05) is 0 Å². The summed E-state index contributed by atoms with van der Waals surface area (Å²) in [5.41, 5.74) is 0.966. The van der Waals surface area contributed by atoms with Crippen LogP contribution >= 0.6 is 16.3 Å². The van der Waals surface area contributed by atoms with E-state index in [9.17, 15) is 0 Å². The van der Waals surface area contributed by atoms with E-state index in [0.29, 0.717) is 0 Å². The summed E-state index contributed by atoms with van der Waals surface area (Å²) in [5, 5.41) is 0. The summed E-state index contributed by atoms with van der Waals surface area (Å²) in [5.74, 6) is 0. The number of halogens is 1. The van der Waals surface area contributed by atoms with E-state index < -0.39 is 0 Å². The maximum absolute atomic E-state index is 5.09. The van der Waals surface area contributed by atoms with Crippen molar-refractivity contribution in [3.05, 3.63) is 60.2 Å². The Bertz CT molecular complexity index is 321. The molecule has 0 unspecified atom stereocenters. The third-order valence-corrected chi connectivity index (χ3v) is 2.92. The molecule has 0 saturated heterocycles. The molecule has 0 bridgehead atoms. The normalized spacial score (nSPS) is 9.94. The van der Waals surface area contributed by atoms with Crippen molar-refractivity contribution in [1.82, 2.24) is 0 Å². The Labute approximate surface area is 116 Å². The topological polar surface area (TPSA) is 9.23 Å². The zero-order valence-corrected chi connectivity index (χ0v) is 12.0. The van der Waals surface area contributed by atoms with Gasteiger partial charge in [0.1, 0.15) is 0 Å². The Morgan fingerprint density at radius 2 is 1.56 bits per heavy atom. The van der Waals surface area contributed by atoms with E-state index in [0.717, 1.165) is 0 Å². The van der Waals surface area contributed by atoms with Crippen LogP contribution in [0, 0.1) is 0 Å². The molecule has 0 aliphatic heterocycles. The molecule has 0 heterocycles. The quantitative estimate of drug-likeness (QED) is 0.589. The van der Waals surface area contributed by atoms with Crippen LogP contribution < -0.4 is 0 Å². The van der Waals surface area contributed by atoms with Crippen molar-refractivity contribution < 1.29 is 20.9 Å². The Morgan fingerprint density at radius 3 is 1.88 bits per heavy atom. The molecule has 0 N–H and O–H groups in total. The van der Waals surface area contributed by atoms with E-state index >= 15 is 0 Å². The van der Waals surface area contributed by atoms with Gasteiger partial charge in [-0.1, -0.05) is 0 Å². The molecule has 0 aliphatic rings. The second kappa shape index (κ2) is 7.86. The van der Waals surface area contributed by atoms with Gasteiger partial charge in [-0.05, 0) is 13.8 Å². The SMILES string of the molecule is CC(C)(OBr)[c-]1cccc1.[Fe+2].c1cc[cH-]c1. The van der Waals surface area contributed by atoms with Gasteiger partial charge in [0.05, 0.1) is 21.9 Å². The fourth-order valence-electron chi connectivity index (χ4n) is 1.14. The van der Waals surface area contributed by atoms with Crippen LogP contribution in [-0.2, 0) is 26.5 Å². The van der Waals surface area contributed by atoms with Crippen molar-refractivity contribution in [3.63, 3.8) is 0 Å². The van der Waals surface area contributed by atoms with Gasteiger partial charge in [0.2, 0.25) is 0 Å². The molecule has 0 atom stereocenters. The monoisotopic (exact) mass is 322 g/mol. The molecule has 2 rings (SSSR count). The molecule has 0 fully saturated rings. The molecule has 0 saturated carbocycles. The second-order valence-corrected chi connectivity index (χ2v) is 4.05. The molecule has 16 heavy (non-hydrogen) atoms. The standard InChI is InChI=1S/C8H10BrO.C5H5.Fe/c1-8(2,10-9)7-5-3-4-6-7;1-2-4-5-3-1;/h3-6H,1-2H3;1-5H;/q2*-1;+2. The van der Waals surface area contributed by atoms with Crippen LogP contribution in [0.1, 0.15) is 19.4 Å². The number of rotatable bonds is 2. The zero-order chi connectivity index (χ0) is 11.1. The predicted molar refractivity (Wildman–Crippen MR) is 67.1 cm³/mol. The van der Waals surface area contributed by atoms with Crippen LogP contribution in [0.15, 0.2) is 54.6 Å². The first-order chi connectivity index (χ1) is 7.17. The first kappa shape index (κ1) is 15.7. The smallest absolute Gasteiger partial charge is 0.310 e. The van der Waals surface area contributed by atoms with Gasteiger partial charge in [-0.25, -0.2) is 24.3 Å². The van der Waals surface area contributed by atoms with Gasteiger partial charge in [-0.2, -0.15) is 30.3 Å². The molecule has 0 aliphatic carbocycles. The molecule has 2 aromatic rings. The minimum atomic E-state index is -0.219. The van der Waals surface area contributed by atoms with E-state index in [2.05, 4.69) is 16.3 Å². The third-order valence-electron chi connectivity index (χ3n) is 2.11. The van der Waals surface area contributed by atoms with Crippen LogP contribution in [0.4, 0.5) is 0 Å². The average molecular weight is 323 g/mol. The Balaban J connectivity index is 0.000000318. The number of hydrogen-bond donors (Lipinski definition) is 0. The minimum absolute atomic E-state index is 0. The predicted octanol–water partition coefficient (Wildman–Crippen LogP) is 4.37. The Hall–Kier alpha value is -0.341. The fourth-order valence-corrected chi connectivity index (χ4v) is 1.33. The van der Waals surface area contributed by atoms with Gasteiger partial charge in [0, 0.05) is 0 Å². The van der Waals surface area contributed by atoms with E-state index in [1.807, 2.05) is 68.4 Å². The van der Waals surface area contributed by atoms with Gasteiger partial charge < -0.3 is 3.83 Å². The summed E-state index contributed by atoms with van der Waals surface area (Å²) in [6, 6.07) is 18.1. The molecule has 3 heteroatoms. The van der Waals surface area contributed by atoms with Gasteiger partial charge in [-0.3, -0.25) is 0 Å². The van der Waals surface area contributed by atoms with E-state index in [1.54, 1.807) is 0 Å². The molecule has 2 aromatic carbocycles. The molecule has 0 radical (unpaired) electrons. The molecule has 88 valence electrons. The summed E-state index contributed by atoms with van der Waals surface area (Å²) in [4.78, 5) is 0. The van der Waals surface area contributed by atoms with E-state index in [4.69, 9.17) is 3.83 Å². The van der Waals surface area contributed by atoms with Crippen LogP contribution in [0.5, 0.6) is 0 Å². The third kappa shape index (κ3) is 5.13. The molecular weight excluding hydrogens is 308 g/mol. The van der Waals surface area contributed by atoms with Crippen LogP contribution in [0.2, 0.25) is 0 Å². The van der Waals surface area contributed by atoms with Crippen molar-refractivity contribution in [1.29, 1.82) is 0 Å². The van der Waals surface area contributed by atoms with Crippen LogP contribution in [0.25, 0.3) is 0 Å². The average Bonchev–Trinajstić information content (AvgIpc) is 2.93. The molecule has 1 nitrogen and oxygen atoms in total. The Morgan fingerprint density at radius 1 is 1.06 bits per heavy atom. The van der Waals surface area contributed by atoms with Crippen molar-refractivity contribution >= 4 is 16.3 Å². The molecular formula is C13H15BrFeO. The van der Waals surface area contributed by atoms with E-state index in [-0.39, 0.29) is 22.7 Å². The zero-order valence-electron chi connectivity index (χ0n) is 9.34. The largest absolute Gasteiger partial charge is 2.00 e. The summed E-state index contributed by atoms with van der Waals surface area (Å²) in [6.07, 6.45) is 0. The second-order valence-electron chi connectivity index (χ2n) is 3.72. The summed E-state index contributed by atoms with van der Waals surface area (Å²) >= 11 is 2.99. The van der Waals surface area contributed by atoms with Crippen LogP contribution in [0.3, 0.4) is 0 Å².